The zero-order valence-corrected chi connectivity index (χ0v) is 10.1. The second kappa shape index (κ2) is 4.56. The number of hydrogen-bond acceptors (Lipinski definition) is 2. The summed E-state index contributed by atoms with van der Waals surface area (Å²) in [7, 11) is 0. The molecule has 0 aromatic carbocycles. The molecule has 16 heavy (non-hydrogen) atoms. The normalized spacial score (nSPS) is 24.4. The zero-order valence-electron chi connectivity index (χ0n) is 10.1. The molecule has 90 valence electrons. The maximum atomic E-state index is 12.3. The number of nitrogens with zero attached hydrogens (tertiary/aromatic N) is 1. The largest absolute Gasteiger partial charge is 0.282 e. The van der Waals surface area contributed by atoms with Gasteiger partial charge in [0.15, 0.2) is 0 Å². The van der Waals surface area contributed by atoms with Gasteiger partial charge in [0.05, 0.1) is 5.41 Å². The Hall–Kier alpha value is -0.860. The van der Waals surface area contributed by atoms with Crippen molar-refractivity contribution >= 4 is 11.8 Å². The molecular weight excluding hydrogens is 202 g/mol. The highest BCUT2D eigenvalue weighted by Gasteiger charge is 2.50. The van der Waals surface area contributed by atoms with Crippen molar-refractivity contribution < 1.29 is 9.59 Å². The Morgan fingerprint density at radius 3 is 2.50 bits per heavy atom. The number of imide groups is 1. The molecule has 1 spiro atoms. The highest BCUT2D eigenvalue weighted by atomic mass is 16.2. The SMILES string of the molecule is CCCCN1C(=O)CC2(CCCCC2)C1=O. The first-order chi connectivity index (χ1) is 7.69. The first-order valence-electron chi connectivity index (χ1n) is 6.54. The topological polar surface area (TPSA) is 37.4 Å². The third kappa shape index (κ3) is 1.87. The molecule has 1 aliphatic heterocycles. The lowest BCUT2D eigenvalue weighted by Crippen LogP contribution is -2.37. The van der Waals surface area contributed by atoms with Crippen LogP contribution in [0, 0.1) is 5.41 Å². The Labute approximate surface area is 97.2 Å². The molecule has 1 aliphatic carbocycles. The van der Waals surface area contributed by atoms with Crippen LogP contribution >= 0.6 is 0 Å². The first kappa shape index (κ1) is 11.6. The Morgan fingerprint density at radius 2 is 1.88 bits per heavy atom. The molecule has 0 N–H and O–H groups in total. The molecule has 0 atom stereocenters. The predicted octanol–water partition coefficient (Wildman–Crippen LogP) is 2.50. The Balaban J connectivity index is 2.08. The van der Waals surface area contributed by atoms with Crippen LogP contribution in [0.5, 0.6) is 0 Å². The van der Waals surface area contributed by atoms with E-state index in [2.05, 4.69) is 6.92 Å². The van der Waals surface area contributed by atoms with Crippen molar-refractivity contribution in [3.05, 3.63) is 0 Å². The molecule has 0 aromatic heterocycles. The number of carbonyl (C=O) groups excluding carboxylic acids is 2. The summed E-state index contributed by atoms with van der Waals surface area (Å²) in [6.07, 6.45) is 7.76. The molecule has 3 heteroatoms. The number of hydrogen-bond donors (Lipinski definition) is 0. The number of rotatable bonds is 3. The molecule has 2 aliphatic rings. The third-order valence-electron chi connectivity index (χ3n) is 4.04. The summed E-state index contributed by atoms with van der Waals surface area (Å²) in [5.74, 6) is 0.200. The molecule has 2 rings (SSSR count). The van der Waals surface area contributed by atoms with Gasteiger partial charge in [0, 0.05) is 13.0 Å². The van der Waals surface area contributed by atoms with E-state index in [0.29, 0.717) is 13.0 Å². The highest BCUT2D eigenvalue weighted by Crippen LogP contribution is 2.45. The summed E-state index contributed by atoms with van der Waals surface area (Å²) < 4.78 is 0. The fourth-order valence-corrected chi connectivity index (χ4v) is 3.02. The molecule has 0 radical (unpaired) electrons. The van der Waals surface area contributed by atoms with Gasteiger partial charge >= 0.3 is 0 Å². The van der Waals surface area contributed by atoms with E-state index >= 15 is 0 Å². The zero-order chi connectivity index (χ0) is 11.6. The van der Waals surface area contributed by atoms with Gasteiger partial charge in [-0.25, -0.2) is 0 Å². The van der Waals surface area contributed by atoms with Crippen molar-refractivity contribution in [1.29, 1.82) is 0 Å². The highest BCUT2D eigenvalue weighted by molar-refractivity contribution is 6.05. The van der Waals surface area contributed by atoms with Gasteiger partial charge in [-0.2, -0.15) is 0 Å². The predicted molar refractivity (Wildman–Crippen MR) is 61.8 cm³/mol. The van der Waals surface area contributed by atoms with E-state index in [0.717, 1.165) is 38.5 Å². The van der Waals surface area contributed by atoms with Crippen LogP contribution in [-0.4, -0.2) is 23.3 Å². The molecular formula is C13H21NO2. The van der Waals surface area contributed by atoms with Crippen LogP contribution < -0.4 is 0 Å². The molecule has 1 saturated carbocycles. The van der Waals surface area contributed by atoms with Crippen molar-refractivity contribution in [3.8, 4) is 0 Å². The minimum Gasteiger partial charge on any atom is -0.282 e. The van der Waals surface area contributed by atoms with Crippen LogP contribution in [0.15, 0.2) is 0 Å². The van der Waals surface area contributed by atoms with Crippen LogP contribution in [0.1, 0.15) is 58.3 Å². The van der Waals surface area contributed by atoms with Crippen LogP contribution in [0.3, 0.4) is 0 Å². The van der Waals surface area contributed by atoms with E-state index in [-0.39, 0.29) is 17.2 Å². The molecule has 3 nitrogen and oxygen atoms in total. The maximum absolute atomic E-state index is 12.3. The lowest BCUT2D eigenvalue weighted by Gasteiger charge is -2.30. The Kier molecular flexibility index (Phi) is 3.31. The van der Waals surface area contributed by atoms with Gasteiger partial charge in [-0.3, -0.25) is 14.5 Å². The van der Waals surface area contributed by atoms with Crippen molar-refractivity contribution in [1.82, 2.24) is 4.90 Å². The Bertz CT molecular complexity index is 292. The van der Waals surface area contributed by atoms with Gasteiger partial charge in [-0.1, -0.05) is 32.6 Å². The average molecular weight is 223 g/mol. The molecule has 1 heterocycles. The van der Waals surface area contributed by atoms with Gasteiger partial charge in [0.25, 0.3) is 0 Å². The molecule has 1 saturated heterocycles. The number of unbranched alkanes of at least 4 members (excludes halogenated alkanes) is 1. The summed E-state index contributed by atoms with van der Waals surface area (Å²) in [4.78, 5) is 25.7. The van der Waals surface area contributed by atoms with E-state index < -0.39 is 0 Å². The second-order valence-electron chi connectivity index (χ2n) is 5.22. The van der Waals surface area contributed by atoms with Gasteiger partial charge in [-0.05, 0) is 19.3 Å². The minimum absolute atomic E-state index is 0.0698. The van der Waals surface area contributed by atoms with Crippen LogP contribution in [0.4, 0.5) is 0 Å². The van der Waals surface area contributed by atoms with Gasteiger partial charge in [0.1, 0.15) is 0 Å². The second-order valence-corrected chi connectivity index (χ2v) is 5.22. The monoisotopic (exact) mass is 223 g/mol. The van der Waals surface area contributed by atoms with Gasteiger partial charge < -0.3 is 0 Å². The third-order valence-corrected chi connectivity index (χ3v) is 4.04. The molecule has 2 amide bonds. The quantitative estimate of drug-likeness (QED) is 0.689. The minimum atomic E-state index is -0.289. The average Bonchev–Trinajstić information content (AvgIpc) is 2.50. The number of carbonyl (C=O) groups is 2. The summed E-state index contributed by atoms with van der Waals surface area (Å²) in [6.45, 7) is 2.72. The van der Waals surface area contributed by atoms with Crippen molar-refractivity contribution in [2.45, 2.75) is 58.3 Å². The fourth-order valence-electron chi connectivity index (χ4n) is 3.02. The molecule has 2 fully saturated rings. The fraction of sp³-hybridized carbons (Fsp3) is 0.846. The lowest BCUT2D eigenvalue weighted by molar-refractivity contribution is -0.142. The van der Waals surface area contributed by atoms with Gasteiger partial charge in [0.2, 0.25) is 11.8 Å². The van der Waals surface area contributed by atoms with Crippen molar-refractivity contribution in [2.75, 3.05) is 6.54 Å². The Morgan fingerprint density at radius 1 is 1.19 bits per heavy atom. The smallest absolute Gasteiger partial charge is 0.235 e. The van der Waals surface area contributed by atoms with E-state index in [9.17, 15) is 9.59 Å². The molecule has 0 aromatic rings. The number of amides is 2. The van der Waals surface area contributed by atoms with E-state index in [1.165, 1.54) is 11.3 Å². The van der Waals surface area contributed by atoms with E-state index in [1.54, 1.807) is 0 Å². The molecule has 0 bridgehead atoms. The maximum Gasteiger partial charge on any atom is 0.235 e. The standard InChI is InChI=1S/C13H21NO2/c1-2-3-9-14-11(15)10-13(12(14)16)7-5-4-6-8-13/h2-10H2,1H3. The van der Waals surface area contributed by atoms with E-state index in [1.807, 2.05) is 0 Å². The lowest BCUT2D eigenvalue weighted by atomic mass is 9.73. The summed E-state index contributed by atoms with van der Waals surface area (Å²) in [5.41, 5.74) is -0.289. The van der Waals surface area contributed by atoms with E-state index in [4.69, 9.17) is 0 Å². The van der Waals surface area contributed by atoms with Crippen LogP contribution in [0.25, 0.3) is 0 Å². The van der Waals surface area contributed by atoms with Crippen molar-refractivity contribution in [3.63, 3.8) is 0 Å². The molecule has 0 unspecified atom stereocenters. The van der Waals surface area contributed by atoms with Gasteiger partial charge in [-0.15, -0.1) is 0 Å². The van der Waals surface area contributed by atoms with Crippen LogP contribution in [-0.2, 0) is 9.59 Å². The number of likely N-dealkylation sites (tertiary alicyclic amines) is 1. The summed E-state index contributed by atoms with van der Waals surface area (Å²) in [6, 6.07) is 0. The van der Waals surface area contributed by atoms with Crippen molar-refractivity contribution in [2.24, 2.45) is 5.41 Å². The summed E-state index contributed by atoms with van der Waals surface area (Å²) >= 11 is 0. The van der Waals surface area contributed by atoms with Crippen LogP contribution in [0.2, 0.25) is 0 Å². The summed E-state index contributed by atoms with van der Waals surface area (Å²) in [5, 5.41) is 0. The first-order valence-corrected chi connectivity index (χ1v) is 6.54.